The topological polar surface area (TPSA) is 71.5 Å². The quantitative estimate of drug-likeness (QED) is 0.610. The van der Waals surface area contributed by atoms with Crippen LogP contribution in [0.4, 0.5) is 10.1 Å². The van der Waals surface area contributed by atoms with Gasteiger partial charge < -0.3 is 15.0 Å². The van der Waals surface area contributed by atoms with Crippen LogP contribution in [-0.2, 0) is 6.54 Å². The third kappa shape index (κ3) is 4.77. The molecule has 0 atom stereocenters. The highest BCUT2D eigenvalue weighted by molar-refractivity contribution is 6.05. The van der Waals surface area contributed by atoms with Crippen molar-refractivity contribution in [2.45, 2.75) is 27.3 Å². The van der Waals surface area contributed by atoms with Gasteiger partial charge in [-0.05, 0) is 50.6 Å². The lowest BCUT2D eigenvalue weighted by Gasteiger charge is -2.20. The van der Waals surface area contributed by atoms with Gasteiger partial charge in [0.15, 0.2) is 0 Å². The Morgan fingerprint density at radius 3 is 2.50 bits per heavy atom. The van der Waals surface area contributed by atoms with Crippen LogP contribution in [0.3, 0.4) is 0 Å². The number of anilines is 1. The third-order valence-corrected chi connectivity index (χ3v) is 5.33. The van der Waals surface area contributed by atoms with Crippen LogP contribution in [0, 0.1) is 26.6 Å². The molecule has 32 heavy (non-hydrogen) atoms. The number of aromatic nitrogens is 1. The molecule has 0 aliphatic carbocycles. The van der Waals surface area contributed by atoms with Crippen molar-refractivity contribution in [3.8, 4) is 5.75 Å². The molecule has 0 unspecified atom stereocenters. The van der Waals surface area contributed by atoms with Crippen molar-refractivity contribution in [3.05, 3.63) is 88.0 Å². The number of benzene rings is 2. The lowest BCUT2D eigenvalue weighted by Crippen LogP contribution is -2.27. The van der Waals surface area contributed by atoms with Gasteiger partial charge in [-0.15, -0.1) is 0 Å². The van der Waals surface area contributed by atoms with E-state index in [0.717, 1.165) is 28.1 Å². The first-order valence-corrected chi connectivity index (χ1v) is 10.1. The lowest BCUT2D eigenvalue weighted by atomic mass is 10.1. The number of halogens is 1. The van der Waals surface area contributed by atoms with Gasteiger partial charge in [0.1, 0.15) is 11.6 Å². The van der Waals surface area contributed by atoms with E-state index in [1.165, 1.54) is 18.2 Å². The molecule has 2 amide bonds. The minimum absolute atomic E-state index is 0.0596. The van der Waals surface area contributed by atoms with Crippen LogP contribution in [0.1, 0.15) is 43.1 Å². The van der Waals surface area contributed by atoms with Crippen molar-refractivity contribution in [1.82, 2.24) is 9.88 Å². The molecule has 0 saturated carbocycles. The van der Waals surface area contributed by atoms with Gasteiger partial charge in [0.2, 0.25) is 0 Å². The van der Waals surface area contributed by atoms with Crippen LogP contribution < -0.4 is 10.1 Å². The summed E-state index contributed by atoms with van der Waals surface area (Å²) in [5.41, 5.74) is 4.10. The number of ether oxygens (including phenoxy) is 1. The number of nitrogens with zero attached hydrogens (tertiary/aromatic N) is 2. The normalized spacial score (nSPS) is 10.6. The zero-order valence-corrected chi connectivity index (χ0v) is 18.8. The molecule has 3 rings (SSSR count). The molecule has 1 N–H and O–H groups in total. The van der Waals surface area contributed by atoms with Crippen molar-refractivity contribution in [2.24, 2.45) is 0 Å². The second kappa shape index (κ2) is 9.60. The number of rotatable bonds is 6. The van der Waals surface area contributed by atoms with E-state index in [4.69, 9.17) is 4.74 Å². The number of carbonyl (C=O) groups excluding carboxylic acids is 2. The monoisotopic (exact) mass is 435 g/mol. The fourth-order valence-electron chi connectivity index (χ4n) is 3.47. The zero-order valence-electron chi connectivity index (χ0n) is 18.8. The van der Waals surface area contributed by atoms with Crippen molar-refractivity contribution >= 4 is 17.5 Å². The Hall–Kier alpha value is -3.74. The van der Waals surface area contributed by atoms with E-state index in [-0.39, 0.29) is 11.5 Å². The smallest absolute Gasteiger partial charge is 0.258 e. The van der Waals surface area contributed by atoms with E-state index >= 15 is 0 Å². The SMILES string of the molecule is COc1c(C)cnc(CN(C)C(=O)c2ccc(C)c(NC(=O)c3ccccc3F)c2)c1C. The predicted molar refractivity (Wildman–Crippen MR) is 122 cm³/mol. The van der Waals surface area contributed by atoms with Gasteiger partial charge >= 0.3 is 0 Å². The molecule has 2 aromatic carbocycles. The van der Waals surface area contributed by atoms with Crippen LogP contribution in [-0.4, -0.2) is 35.9 Å². The highest BCUT2D eigenvalue weighted by atomic mass is 19.1. The fourth-order valence-corrected chi connectivity index (χ4v) is 3.47. The molecule has 0 aliphatic rings. The summed E-state index contributed by atoms with van der Waals surface area (Å²) >= 11 is 0. The van der Waals surface area contributed by atoms with Gasteiger partial charge in [-0.3, -0.25) is 14.6 Å². The van der Waals surface area contributed by atoms with Gasteiger partial charge in [0.05, 0.1) is 24.9 Å². The Balaban J connectivity index is 1.80. The molecule has 1 heterocycles. The van der Waals surface area contributed by atoms with Crippen molar-refractivity contribution in [3.63, 3.8) is 0 Å². The second-order valence-electron chi connectivity index (χ2n) is 7.67. The van der Waals surface area contributed by atoms with Crippen LogP contribution in [0.15, 0.2) is 48.7 Å². The number of hydrogen-bond acceptors (Lipinski definition) is 4. The summed E-state index contributed by atoms with van der Waals surface area (Å²) in [6.07, 6.45) is 1.72. The summed E-state index contributed by atoms with van der Waals surface area (Å²) in [5.74, 6) is -0.654. The van der Waals surface area contributed by atoms with E-state index in [1.54, 1.807) is 56.4 Å². The molecule has 6 nitrogen and oxygen atoms in total. The number of hydrogen-bond donors (Lipinski definition) is 1. The molecule has 0 bridgehead atoms. The Bertz CT molecular complexity index is 1180. The van der Waals surface area contributed by atoms with Crippen LogP contribution in [0.25, 0.3) is 0 Å². The van der Waals surface area contributed by atoms with E-state index < -0.39 is 11.7 Å². The number of nitrogens with one attached hydrogen (secondary N) is 1. The Labute approximate surface area is 187 Å². The Morgan fingerprint density at radius 2 is 1.81 bits per heavy atom. The van der Waals surface area contributed by atoms with Gasteiger partial charge in [-0.2, -0.15) is 0 Å². The minimum atomic E-state index is -0.606. The second-order valence-corrected chi connectivity index (χ2v) is 7.67. The van der Waals surface area contributed by atoms with Gasteiger partial charge in [-0.1, -0.05) is 18.2 Å². The Kier molecular flexibility index (Phi) is 6.88. The highest BCUT2D eigenvalue weighted by Gasteiger charge is 2.18. The molecule has 7 heteroatoms. The van der Waals surface area contributed by atoms with E-state index in [9.17, 15) is 14.0 Å². The minimum Gasteiger partial charge on any atom is -0.496 e. The van der Waals surface area contributed by atoms with Crippen LogP contribution in [0.5, 0.6) is 5.75 Å². The van der Waals surface area contributed by atoms with Gasteiger partial charge in [-0.25, -0.2) is 4.39 Å². The van der Waals surface area contributed by atoms with E-state index in [2.05, 4.69) is 10.3 Å². The summed E-state index contributed by atoms with van der Waals surface area (Å²) in [7, 11) is 3.30. The summed E-state index contributed by atoms with van der Waals surface area (Å²) in [6.45, 7) is 5.93. The number of aryl methyl sites for hydroxylation is 2. The molecular weight excluding hydrogens is 409 g/mol. The van der Waals surface area contributed by atoms with Crippen LogP contribution in [0.2, 0.25) is 0 Å². The van der Waals surface area contributed by atoms with E-state index in [0.29, 0.717) is 17.8 Å². The van der Waals surface area contributed by atoms with Gasteiger partial charge in [0.25, 0.3) is 11.8 Å². The third-order valence-electron chi connectivity index (χ3n) is 5.33. The predicted octanol–water partition coefficient (Wildman–Crippen LogP) is 4.68. The highest BCUT2D eigenvalue weighted by Crippen LogP contribution is 2.25. The summed E-state index contributed by atoms with van der Waals surface area (Å²) in [5, 5.41) is 2.70. The fraction of sp³-hybridized carbons (Fsp3) is 0.240. The number of amides is 2. The molecule has 0 saturated heterocycles. The summed E-state index contributed by atoms with van der Waals surface area (Å²) < 4.78 is 19.4. The first-order valence-electron chi connectivity index (χ1n) is 10.1. The van der Waals surface area contributed by atoms with Crippen molar-refractivity contribution < 1.29 is 18.7 Å². The maximum absolute atomic E-state index is 13.9. The average Bonchev–Trinajstić information content (AvgIpc) is 2.77. The molecule has 0 spiro atoms. The van der Waals surface area contributed by atoms with Crippen LogP contribution >= 0.6 is 0 Å². The standard InChI is InChI=1S/C25H26FN3O3/c1-15-10-11-18(12-21(15)28-24(30)19-8-6-7-9-20(19)26)25(31)29(4)14-22-17(3)23(32-5)16(2)13-27-22/h6-13H,14H2,1-5H3,(H,28,30). The molecular formula is C25H26FN3O3. The zero-order chi connectivity index (χ0) is 23.4. The summed E-state index contributed by atoms with van der Waals surface area (Å²) in [6, 6.07) is 10.8. The molecule has 0 radical (unpaired) electrons. The molecule has 0 fully saturated rings. The van der Waals surface area contributed by atoms with Crippen molar-refractivity contribution in [2.75, 3.05) is 19.5 Å². The number of methoxy groups -OCH3 is 1. The van der Waals surface area contributed by atoms with Gasteiger partial charge in [0, 0.05) is 35.6 Å². The Morgan fingerprint density at radius 1 is 1.09 bits per heavy atom. The lowest BCUT2D eigenvalue weighted by molar-refractivity contribution is 0.0782. The number of carbonyl (C=O) groups is 2. The largest absolute Gasteiger partial charge is 0.496 e. The maximum atomic E-state index is 13.9. The maximum Gasteiger partial charge on any atom is 0.258 e. The first kappa shape index (κ1) is 22.9. The van der Waals surface area contributed by atoms with E-state index in [1.807, 2.05) is 13.8 Å². The molecule has 166 valence electrons. The number of pyridine rings is 1. The molecule has 1 aromatic heterocycles. The summed E-state index contributed by atoms with van der Waals surface area (Å²) in [4.78, 5) is 31.6. The molecule has 0 aliphatic heterocycles. The first-order chi connectivity index (χ1) is 15.2. The van der Waals surface area contributed by atoms with Crippen molar-refractivity contribution in [1.29, 1.82) is 0 Å². The average molecular weight is 435 g/mol. The molecule has 3 aromatic rings.